The predicted molar refractivity (Wildman–Crippen MR) is 90.5 cm³/mol. The molecule has 0 radical (unpaired) electrons. The molecule has 0 unspecified atom stereocenters. The molecule has 23 heavy (non-hydrogen) atoms. The van der Waals surface area contributed by atoms with Crippen molar-refractivity contribution in [3.63, 3.8) is 0 Å². The average Bonchev–Trinajstić information content (AvgIpc) is 3.02. The van der Waals surface area contributed by atoms with Gasteiger partial charge in [-0.15, -0.1) is 11.8 Å². The molecule has 1 aromatic carbocycles. The summed E-state index contributed by atoms with van der Waals surface area (Å²) in [6, 6.07) is 6.26. The molecule has 2 N–H and O–H groups in total. The minimum Gasteiger partial charge on any atom is -0.315 e. The molecule has 3 rings (SSSR count). The summed E-state index contributed by atoms with van der Waals surface area (Å²) < 4.78 is 0.868. The van der Waals surface area contributed by atoms with E-state index in [4.69, 9.17) is 0 Å². The van der Waals surface area contributed by atoms with Gasteiger partial charge in [-0.25, -0.2) is 0 Å². The third kappa shape index (κ3) is 3.10. The zero-order chi connectivity index (χ0) is 16.6. The molecule has 1 aromatic rings. The molecule has 2 saturated heterocycles. The molecule has 0 spiro atoms. The Bertz CT molecular complexity index is 666. The smallest absolute Gasteiger partial charge is 0.269 e. The molecule has 122 valence electrons. The fraction of sp³-hybridized carbons (Fsp3) is 0.400. The molecule has 2 heterocycles. The van der Waals surface area contributed by atoms with E-state index < -0.39 is 11.9 Å². The van der Waals surface area contributed by atoms with Crippen molar-refractivity contribution < 1.29 is 14.4 Å². The van der Waals surface area contributed by atoms with Crippen LogP contribution in [0.25, 0.3) is 0 Å². The second-order valence-corrected chi connectivity index (χ2v) is 8.13. The van der Waals surface area contributed by atoms with Crippen LogP contribution in [0, 0.1) is 0 Å². The number of thioether (sulfide) groups is 1. The van der Waals surface area contributed by atoms with Crippen molar-refractivity contribution in [2.24, 2.45) is 0 Å². The van der Waals surface area contributed by atoms with Gasteiger partial charge in [-0.1, -0.05) is 15.9 Å². The summed E-state index contributed by atoms with van der Waals surface area (Å²) in [5.41, 5.74) is 5.27. The Balaban J connectivity index is 1.60. The first-order chi connectivity index (χ1) is 10.9. The molecule has 2 atom stereocenters. The number of rotatable bonds is 2. The van der Waals surface area contributed by atoms with Crippen LogP contribution in [0.5, 0.6) is 0 Å². The first-order valence-electron chi connectivity index (χ1n) is 7.22. The SMILES string of the molecule is C[C@]12CCC(=O)N1[C@@H](C(=O)NNC(=O)c1ccc(Br)cc1)CS2. The zero-order valence-electron chi connectivity index (χ0n) is 12.5. The Morgan fingerprint density at radius 2 is 2.00 bits per heavy atom. The van der Waals surface area contributed by atoms with Gasteiger partial charge in [0.15, 0.2) is 0 Å². The van der Waals surface area contributed by atoms with Gasteiger partial charge in [0.25, 0.3) is 11.8 Å². The predicted octanol–water partition coefficient (Wildman–Crippen LogP) is 1.66. The number of benzene rings is 1. The van der Waals surface area contributed by atoms with Crippen LogP contribution in [-0.2, 0) is 9.59 Å². The molecular formula is C15H16BrN3O3S. The number of hydrazine groups is 1. The molecule has 0 bridgehead atoms. The fourth-order valence-corrected chi connectivity index (χ4v) is 4.59. The zero-order valence-corrected chi connectivity index (χ0v) is 14.9. The molecule has 2 aliphatic rings. The van der Waals surface area contributed by atoms with Crippen molar-refractivity contribution in [3.05, 3.63) is 34.3 Å². The van der Waals surface area contributed by atoms with E-state index >= 15 is 0 Å². The van der Waals surface area contributed by atoms with E-state index in [-0.39, 0.29) is 16.7 Å². The Kier molecular flexibility index (Phi) is 4.37. The van der Waals surface area contributed by atoms with Gasteiger partial charge in [-0.2, -0.15) is 0 Å². The van der Waals surface area contributed by atoms with Gasteiger partial charge in [0.05, 0.1) is 4.87 Å². The second kappa shape index (κ2) is 6.16. The van der Waals surface area contributed by atoms with Crippen LogP contribution in [0.4, 0.5) is 0 Å². The number of hydrogen-bond donors (Lipinski definition) is 2. The lowest BCUT2D eigenvalue weighted by Crippen LogP contribution is -2.54. The standard InChI is InChI=1S/C15H16BrN3O3S/c1-15-7-6-12(20)19(15)11(8-23-15)14(22)18-17-13(21)9-2-4-10(16)5-3-9/h2-5,11H,6-8H2,1H3,(H,17,21)(H,18,22)/t11-,15+/m1/s1. The number of carbonyl (C=O) groups is 3. The van der Waals surface area contributed by atoms with E-state index in [0.29, 0.717) is 17.7 Å². The van der Waals surface area contributed by atoms with Crippen molar-refractivity contribution in [1.82, 2.24) is 15.8 Å². The third-order valence-electron chi connectivity index (χ3n) is 4.15. The maximum atomic E-state index is 12.3. The van der Waals surface area contributed by atoms with Crippen LogP contribution in [0.2, 0.25) is 0 Å². The molecule has 0 aromatic heterocycles. The highest BCUT2D eigenvalue weighted by Crippen LogP contribution is 2.47. The monoisotopic (exact) mass is 397 g/mol. The Morgan fingerprint density at radius 1 is 1.30 bits per heavy atom. The van der Waals surface area contributed by atoms with Crippen molar-refractivity contribution in [3.8, 4) is 0 Å². The summed E-state index contributed by atoms with van der Waals surface area (Å²) in [5.74, 6) is -0.215. The molecule has 2 aliphatic heterocycles. The minimum absolute atomic E-state index is 0.00288. The number of nitrogens with one attached hydrogen (secondary N) is 2. The Morgan fingerprint density at radius 3 is 2.70 bits per heavy atom. The van der Waals surface area contributed by atoms with E-state index in [0.717, 1.165) is 10.9 Å². The number of amides is 3. The summed E-state index contributed by atoms with van der Waals surface area (Å²) in [6.45, 7) is 1.98. The van der Waals surface area contributed by atoms with Crippen molar-refractivity contribution in [1.29, 1.82) is 0 Å². The number of fused-ring (bicyclic) bond motifs is 1. The topological polar surface area (TPSA) is 78.5 Å². The summed E-state index contributed by atoms with van der Waals surface area (Å²) in [6.07, 6.45) is 1.23. The Hall–Kier alpha value is -1.54. The van der Waals surface area contributed by atoms with E-state index in [1.165, 1.54) is 0 Å². The summed E-state index contributed by atoms with van der Waals surface area (Å²) in [7, 11) is 0. The summed E-state index contributed by atoms with van der Waals surface area (Å²) >= 11 is 4.91. The molecule has 2 fully saturated rings. The quantitative estimate of drug-likeness (QED) is 0.743. The number of halogens is 1. The van der Waals surface area contributed by atoms with Crippen LogP contribution >= 0.6 is 27.7 Å². The highest BCUT2D eigenvalue weighted by atomic mass is 79.9. The molecule has 0 aliphatic carbocycles. The number of carbonyl (C=O) groups excluding carboxylic acids is 3. The number of hydrogen-bond acceptors (Lipinski definition) is 4. The van der Waals surface area contributed by atoms with Crippen LogP contribution < -0.4 is 10.9 Å². The molecule has 0 saturated carbocycles. The largest absolute Gasteiger partial charge is 0.315 e. The molecule has 8 heteroatoms. The van der Waals surface area contributed by atoms with Crippen LogP contribution in [0.3, 0.4) is 0 Å². The van der Waals surface area contributed by atoms with Gasteiger partial charge >= 0.3 is 0 Å². The number of nitrogens with zero attached hydrogens (tertiary/aromatic N) is 1. The van der Waals surface area contributed by atoms with E-state index in [2.05, 4.69) is 26.8 Å². The Labute approximate surface area is 146 Å². The summed E-state index contributed by atoms with van der Waals surface area (Å²) in [5, 5.41) is 0. The lowest BCUT2D eigenvalue weighted by molar-refractivity contribution is -0.138. The van der Waals surface area contributed by atoms with Gasteiger partial charge in [0.1, 0.15) is 6.04 Å². The first kappa shape index (κ1) is 16.3. The van der Waals surface area contributed by atoms with E-state index in [1.807, 2.05) is 6.92 Å². The lowest BCUT2D eigenvalue weighted by atomic mass is 10.2. The van der Waals surface area contributed by atoms with Crippen LogP contribution in [0.15, 0.2) is 28.7 Å². The van der Waals surface area contributed by atoms with Crippen LogP contribution in [0.1, 0.15) is 30.1 Å². The second-order valence-electron chi connectivity index (χ2n) is 5.72. The van der Waals surface area contributed by atoms with Gasteiger partial charge in [0, 0.05) is 22.2 Å². The van der Waals surface area contributed by atoms with Crippen molar-refractivity contribution in [2.45, 2.75) is 30.7 Å². The highest BCUT2D eigenvalue weighted by molar-refractivity contribution is 9.10. The molecule has 3 amide bonds. The molecular weight excluding hydrogens is 382 g/mol. The molecule has 6 nitrogen and oxygen atoms in total. The highest BCUT2D eigenvalue weighted by Gasteiger charge is 2.52. The first-order valence-corrected chi connectivity index (χ1v) is 9.00. The van der Waals surface area contributed by atoms with Crippen molar-refractivity contribution >= 4 is 45.4 Å². The lowest BCUT2D eigenvalue weighted by Gasteiger charge is -2.29. The summed E-state index contributed by atoms with van der Waals surface area (Å²) in [4.78, 5) is 37.7. The maximum absolute atomic E-state index is 12.3. The van der Waals surface area contributed by atoms with Gasteiger partial charge in [-0.3, -0.25) is 25.2 Å². The normalized spacial score (nSPS) is 26.1. The van der Waals surface area contributed by atoms with Gasteiger partial charge in [0.2, 0.25) is 5.91 Å². The third-order valence-corrected chi connectivity index (χ3v) is 6.19. The average molecular weight is 398 g/mol. The maximum Gasteiger partial charge on any atom is 0.269 e. The fourth-order valence-electron chi connectivity index (χ4n) is 2.89. The van der Waals surface area contributed by atoms with Gasteiger partial charge < -0.3 is 4.90 Å². The minimum atomic E-state index is -0.537. The van der Waals surface area contributed by atoms with E-state index in [9.17, 15) is 14.4 Å². The van der Waals surface area contributed by atoms with E-state index in [1.54, 1.807) is 40.9 Å². The van der Waals surface area contributed by atoms with Gasteiger partial charge in [-0.05, 0) is 37.6 Å². The van der Waals surface area contributed by atoms with Crippen LogP contribution in [-0.4, -0.2) is 39.3 Å². The van der Waals surface area contributed by atoms with Crippen molar-refractivity contribution in [2.75, 3.05) is 5.75 Å².